The lowest BCUT2D eigenvalue weighted by molar-refractivity contribution is -0.129. The van der Waals surface area contributed by atoms with Crippen LogP contribution in [0.1, 0.15) is 13.3 Å². The number of halogens is 1. The summed E-state index contributed by atoms with van der Waals surface area (Å²) in [4.78, 5) is 17.2. The van der Waals surface area contributed by atoms with Gasteiger partial charge in [-0.05, 0) is 19.4 Å². The lowest BCUT2D eigenvalue weighted by Crippen LogP contribution is -2.45. The Labute approximate surface area is 151 Å². The maximum absolute atomic E-state index is 14.3. The molecule has 0 bridgehead atoms. The molecule has 1 atom stereocenters. The molecule has 1 aliphatic heterocycles. The SMILES string of the molecule is CC1CN(C(=O)CN)CCCN1S(=O)(=O)c1cccc2cncc(F)c12. The maximum atomic E-state index is 14.3. The van der Waals surface area contributed by atoms with Crippen molar-refractivity contribution in [3.63, 3.8) is 0 Å². The third-order valence-electron chi connectivity index (χ3n) is 4.60. The first-order chi connectivity index (χ1) is 12.4. The summed E-state index contributed by atoms with van der Waals surface area (Å²) in [5.74, 6) is -0.887. The number of pyridine rings is 1. The topological polar surface area (TPSA) is 96.6 Å². The van der Waals surface area contributed by atoms with E-state index in [0.717, 1.165) is 6.20 Å². The zero-order chi connectivity index (χ0) is 18.9. The minimum atomic E-state index is -3.94. The molecule has 1 amide bonds. The van der Waals surface area contributed by atoms with E-state index in [1.165, 1.54) is 16.6 Å². The van der Waals surface area contributed by atoms with Crippen molar-refractivity contribution >= 4 is 26.7 Å². The van der Waals surface area contributed by atoms with E-state index in [-0.39, 0.29) is 35.8 Å². The smallest absolute Gasteiger partial charge is 0.244 e. The Morgan fingerprint density at radius 1 is 1.35 bits per heavy atom. The van der Waals surface area contributed by atoms with Crippen molar-refractivity contribution in [2.24, 2.45) is 5.73 Å². The molecule has 0 radical (unpaired) electrons. The highest BCUT2D eigenvalue weighted by Gasteiger charge is 2.34. The quantitative estimate of drug-likeness (QED) is 0.855. The van der Waals surface area contributed by atoms with Crippen molar-refractivity contribution in [3.8, 4) is 0 Å². The number of sulfonamides is 1. The molecule has 1 aromatic heterocycles. The van der Waals surface area contributed by atoms with E-state index in [9.17, 15) is 17.6 Å². The summed E-state index contributed by atoms with van der Waals surface area (Å²) in [6, 6.07) is 4.15. The van der Waals surface area contributed by atoms with Crippen LogP contribution < -0.4 is 5.73 Å². The van der Waals surface area contributed by atoms with Gasteiger partial charge in [0.2, 0.25) is 15.9 Å². The Balaban J connectivity index is 2.02. The highest BCUT2D eigenvalue weighted by molar-refractivity contribution is 7.89. The van der Waals surface area contributed by atoms with Gasteiger partial charge in [0.1, 0.15) is 0 Å². The highest BCUT2D eigenvalue weighted by Crippen LogP contribution is 2.29. The van der Waals surface area contributed by atoms with Crippen LogP contribution in [0, 0.1) is 5.82 Å². The predicted octanol–water partition coefficient (Wildman–Crippen LogP) is 0.944. The Kier molecular flexibility index (Phi) is 5.22. The van der Waals surface area contributed by atoms with Gasteiger partial charge in [0.25, 0.3) is 0 Å². The van der Waals surface area contributed by atoms with Crippen molar-refractivity contribution in [2.75, 3.05) is 26.2 Å². The largest absolute Gasteiger partial charge is 0.340 e. The molecule has 0 saturated carbocycles. The number of hydrogen-bond donors (Lipinski definition) is 1. The number of amides is 1. The van der Waals surface area contributed by atoms with E-state index >= 15 is 0 Å². The van der Waals surface area contributed by atoms with Gasteiger partial charge in [-0.15, -0.1) is 0 Å². The Hall–Kier alpha value is -2.10. The molecule has 2 N–H and O–H groups in total. The number of fused-ring (bicyclic) bond motifs is 1. The van der Waals surface area contributed by atoms with Gasteiger partial charge in [-0.1, -0.05) is 12.1 Å². The Morgan fingerprint density at radius 2 is 2.12 bits per heavy atom. The molecule has 1 aliphatic rings. The number of rotatable bonds is 3. The molecular formula is C17H21FN4O3S. The minimum absolute atomic E-state index is 0.0360. The molecule has 1 aromatic carbocycles. The number of carbonyl (C=O) groups excluding carboxylic acids is 1. The molecule has 7 nitrogen and oxygen atoms in total. The summed E-state index contributed by atoms with van der Waals surface area (Å²) in [7, 11) is -3.94. The van der Waals surface area contributed by atoms with Crippen molar-refractivity contribution in [1.29, 1.82) is 0 Å². The van der Waals surface area contributed by atoms with Crippen molar-refractivity contribution in [1.82, 2.24) is 14.2 Å². The van der Waals surface area contributed by atoms with Gasteiger partial charge in [0, 0.05) is 42.6 Å². The summed E-state index contributed by atoms with van der Waals surface area (Å²) in [5, 5.41) is 0.460. The molecule has 1 unspecified atom stereocenters. The fraction of sp³-hybridized carbons (Fsp3) is 0.412. The highest BCUT2D eigenvalue weighted by atomic mass is 32.2. The van der Waals surface area contributed by atoms with Crippen molar-refractivity contribution in [3.05, 3.63) is 36.4 Å². The standard InChI is InChI=1S/C17H21FN4O3S/c1-12-11-21(16(23)8-19)6-3-7-22(12)26(24,25)15-5-2-4-13-9-20-10-14(18)17(13)15/h2,4-5,9-10,12H,3,6-8,11,19H2,1H3. The number of hydrogen-bond acceptors (Lipinski definition) is 5. The molecule has 1 fully saturated rings. The van der Waals surface area contributed by atoms with Gasteiger partial charge in [-0.2, -0.15) is 4.31 Å². The van der Waals surface area contributed by atoms with E-state index in [1.54, 1.807) is 24.0 Å². The summed E-state index contributed by atoms with van der Waals surface area (Å²) < 4.78 is 42.2. The summed E-state index contributed by atoms with van der Waals surface area (Å²) in [6.07, 6.45) is 2.93. The normalized spacial score (nSPS) is 19.5. The fourth-order valence-corrected chi connectivity index (χ4v) is 5.24. The Morgan fingerprint density at radius 3 is 2.85 bits per heavy atom. The molecule has 3 rings (SSSR count). The van der Waals surface area contributed by atoms with Gasteiger partial charge in [0.05, 0.1) is 17.6 Å². The summed E-state index contributed by atoms with van der Waals surface area (Å²) in [5.41, 5.74) is 5.42. The fourth-order valence-electron chi connectivity index (χ4n) is 3.35. The van der Waals surface area contributed by atoms with Crippen LogP contribution >= 0.6 is 0 Å². The van der Waals surface area contributed by atoms with Gasteiger partial charge < -0.3 is 10.6 Å². The number of nitrogens with zero attached hydrogens (tertiary/aromatic N) is 3. The van der Waals surface area contributed by atoms with E-state index in [0.29, 0.717) is 18.4 Å². The molecule has 0 aliphatic carbocycles. The van der Waals surface area contributed by atoms with E-state index < -0.39 is 21.9 Å². The van der Waals surface area contributed by atoms with Gasteiger partial charge in [-0.25, -0.2) is 12.8 Å². The Bertz CT molecular complexity index is 929. The van der Waals surface area contributed by atoms with Crippen LogP contribution in [0.15, 0.2) is 35.5 Å². The van der Waals surface area contributed by atoms with E-state index in [2.05, 4.69) is 4.98 Å². The van der Waals surface area contributed by atoms with Crippen LogP contribution in [0.4, 0.5) is 4.39 Å². The van der Waals surface area contributed by atoms with Gasteiger partial charge >= 0.3 is 0 Å². The number of aromatic nitrogens is 1. The number of nitrogens with two attached hydrogens (primary N) is 1. The second kappa shape index (κ2) is 7.26. The average molecular weight is 380 g/mol. The zero-order valence-electron chi connectivity index (χ0n) is 14.4. The number of benzene rings is 1. The lowest BCUT2D eigenvalue weighted by Gasteiger charge is -2.28. The van der Waals surface area contributed by atoms with Crippen LogP contribution in [0.3, 0.4) is 0 Å². The monoisotopic (exact) mass is 380 g/mol. The molecule has 26 heavy (non-hydrogen) atoms. The van der Waals surface area contributed by atoms with Gasteiger partial charge in [0.15, 0.2) is 5.82 Å². The molecule has 140 valence electrons. The average Bonchev–Trinajstić information content (AvgIpc) is 2.83. The second-order valence-electron chi connectivity index (χ2n) is 6.34. The number of carbonyl (C=O) groups is 1. The first-order valence-corrected chi connectivity index (χ1v) is 9.82. The van der Waals surface area contributed by atoms with E-state index in [4.69, 9.17) is 5.73 Å². The van der Waals surface area contributed by atoms with E-state index in [1.807, 2.05) is 0 Å². The molecular weight excluding hydrogens is 359 g/mol. The molecule has 0 spiro atoms. The second-order valence-corrected chi connectivity index (χ2v) is 8.20. The third kappa shape index (κ3) is 3.29. The molecule has 2 heterocycles. The third-order valence-corrected chi connectivity index (χ3v) is 6.65. The minimum Gasteiger partial charge on any atom is -0.340 e. The molecule has 9 heteroatoms. The molecule has 2 aromatic rings. The van der Waals surface area contributed by atoms with Crippen LogP contribution in [0.25, 0.3) is 10.8 Å². The van der Waals surface area contributed by atoms with Crippen molar-refractivity contribution < 1.29 is 17.6 Å². The van der Waals surface area contributed by atoms with Crippen molar-refractivity contribution in [2.45, 2.75) is 24.3 Å². The van der Waals surface area contributed by atoms with Crippen LogP contribution in [-0.2, 0) is 14.8 Å². The van der Waals surface area contributed by atoms with Crippen LogP contribution in [0.2, 0.25) is 0 Å². The van der Waals surface area contributed by atoms with Gasteiger partial charge in [-0.3, -0.25) is 9.78 Å². The van der Waals surface area contributed by atoms with Crippen LogP contribution in [-0.4, -0.2) is 60.7 Å². The summed E-state index contributed by atoms with van der Waals surface area (Å²) >= 11 is 0. The first-order valence-electron chi connectivity index (χ1n) is 8.38. The predicted molar refractivity (Wildman–Crippen MR) is 95.3 cm³/mol. The maximum Gasteiger partial charge on any atom is 0.244 e. The zero-order valence-corrected chi connectivity index (χ0v) is 15.2. The molecule has 1 saturated heterocycles. The van der Waals surface area contributed by atoms with Crippen LogP contribution in [0.5, 0.6) is 0 Å². The lowest BCUT2D eigenvalue weighted by atomic mass is 10.2. The summed E-state index contributed by atoms with van der Waals surface area (Å²) in [6.45, 7) is 2.58. The first kappa shape index (κ1) is 18.7.